The van der Waals surface area contributed by atoms with Gasteiger partial charge in [-0.2, -0.15) is 0 Å². The van der Waals surface area contributed by atoms with Gasteiger partial charge in [0.1, 0.15) is 22.3 Å². The molecule has 0 N–H and O–H groups in total. The van der Waals surface area contributed by atoms with Gasteiger partial charge in [0.05, 0.1) is 0 Å². The molecule has 0 bridgehead atoms. The van der Waals surface area contributed by atoms with E-state index in [0.717, 1.165) is 71.7 Å². The number of furan rings is 2. The molecule has 0 amide bonds. The minimum atomic E-state index is 0.879. The van der Waals surface area contributed by atoms with Crippen LogP contribution in [0.2, 0.25) is 0 Å². The van der Waals surface area contributed by atoms with Crippen LogP contribution in [0, 0.1) is 0 Å². The SMILES string of the molecule is c1ccc(-c2c3ccccc3c(-c3ccc(-c4cccc(-c5cccc6c5oc5ccccc56)c4)c4c3oc3ccccc34)c3ccccc23)cc1. The van der Waals surface area contributed by atoms with E-state index in [1.807, 2.05) is 12.1 Å². The van der Waals surface area contributed by atoms with Crippen LogP contribution in [0.15, 0.2) is 191 Å². The third-order valence-corrected chi connectivity index (χ3v) is 10.7. The number of rotatable bonds is 4. The molecule has 0 aliphatic rings. The van der Waals surface area contributed by atoms with Gasteiger partial charge in [0, 0.05) is 38.2 Å². The molecule has 2 heteroatoms. The van der Waals surface area contributed by atoms with E-state index in [-0.39, 0.29) is 0 Å². The zero-order valence-corrected chi connectivity index (χ0v) is 28.1. The number of para-hydroxylation sites is 3. The van der Waals surface area contributed by atoms with Crippen molar-refractivity contribution in [2.75, 3.05) is 0 Å². The molecule has 0 saturated heterocycles. The van der Waals surface area contributed by atoms with Crippen molar-refractivity contribution in [1.29, 1.82) is 0 Å². The van der Waals surface area contributed by atoms with E-state index in [1.54, 1.807) is 0 Å². The zero-order chi connectivity index (χ0) is 34.2. The monoisotopic (exact) mass is 662 g/mol. The number of benzene rings is 9. The Hall–Kier alpha value is -6.90. The Morgan fingerprint density at radius 1 is 0.269 bits per heavy atom. The molecule has 0 aliphatic heterocycles. The van der Waals surface area contributed by atoms with Crippen molar-refractivity contribution < 1.29 is 8.83 Å². The molecular formula is C50H30O2. The first-order valence-electron chi connectivity index (χ1n) is 17.8. The van der Waals surface area contributed by atoms with Crippen LogP contribution in [-0.2, 0) is 0 Å². The van der Waals surface area contributed by atoms with Gasteiger partial charge in [-0.05, 0) is 73.6 Å². The Labute approximate surface area is 299 Å². The minimum Gasteiger partial charge on any atom is -0.455 e. The van der Waals surface area contributed by atoms with Gasteiger partial charge >= 0.3 is 0 Å². The number of hydrogen-bond donors (Lipinski definition) is 0. The Kier molecular flexibility index (Phi) is 6.28. The van der Waals surface area contributed by atoms with Crippen LogP contribution in [0.5, 0.6) is 0 Å². The van der Waals surface area contributed by atoms with Crippen LogP contribution >= 0.6 is 0 Å². The van der Waals surface area contributed by atoms with E-state index in [1.165, 1.54) is 38.2 Å². The van der Waals surface area contributed by atoms with Crippen LogP contribution in [0.1, 0.15) is 0 Å². The van der Waals surface area contributed by atoms with Gasteiger partial charge in [0.25, 0.3) is 0 Å². The predicted octanol–water partition coefficient (Wildman–Crippen LogP) is 14.5. The van der Waals surface area contributed by atoms with E-state index in [0.29, 0.717) is 0 Å². The molecule has 0 aliphatic carbocycles. The fraction of sp³-hybridized carbons (Fsp3) is 0. The number of fused-ring (bicyclic) bond motifs is 8. The summed E-state index contributed by atoms with van der Waals surface area (Å²) in [6, 6.07) is 64.8. The van der Waals surface area contributed by atoms with Crippen LogP contribution in [0.25, 0.3) is 110 Å². The van der Waals surface area contributed by atoms with Crippen molar-refractivity contribution in [2.45, 2.75) is 0 Å². The molecule has 0 atom stereocenters. The largest absolute Gasteiger partial charge is 0.455 e. The maximum Gasteiger partial charge on any atom is 0.143 e. The average Bonchev–Trinajstić information content (AvgIpc) is 3.79. The van der Waals surface area contributed by atoms with Crippen molar-refractivity contribution in [3.05, 3.63) is 182 Å². The molecule has 0 fully saturated rings. The molecule has 2 heterocycles. The molecule has 0 radical (unpaired) electrons. The van der Waals surface area contributed by atoms with E-state index < -0.39 is 0 Å². The van der Waals surface area contributed by atoms with E-state index in [4.69, 9.17) is 8.83 Å². The second kappa shape index (κ2) is 11.3. The van der Waals surface area contributed by atoms with Crippen LogP contribution in [0.3, 0.4) is 0 Å². The molecule has 11 rings (SSSR count). The van der Waals surface area contributed by atoms with Gasteiger partial charge in [-0.3, -0.25) is 0 Å². The minimum absolute atomic E-state index is 0.879. The van der Waals surface area contributed by atoms with Crippen molar-refractivity contribution in [3.8, 4) is 44.5 Å². The predicted molar refractivity (Wildman–Crippen MR) is 218 cm³/mol. The number of hydrogen-bond acceptors (Lipinski definition) is 2. The van der Waals surface area contributed by atoms with E-state index in [2.05, 4.69) is 170 Å². The first-order valence-corrected chi connectivity index (χ1v) is 17.8. The lowest BCUT2D eigenvalue weighted by atomic mass is 9.85. The first-order chi connectivity index (χ1) is 25.8. The summed E-state index contributed by atoms with van der Waals surface area (Å²) in [5.74, 6) is 0. The van der Waals surface area contributed by atoms with Gasteiger partial charge in [-0.1, -0.05) is 158 Å². The highest BCUT2D eigenvalue weighted by atomic mass is 16.3. The molecule has 9 aromatic carbocycles. The Morgan fingerprint density at radius 2 is 0.750 bits per heavy atom. The van der Waals surface area contributed by atoms with E-state index >= 15 is 0 Å². The summed E-state index contributed by atoms with van der Waals surface area (Å²) in [4.78, 5) is 0. The lowest BCUT2D eigenvalue weighted by Gasteiger charge is -2.18. The van der Waals surface area contributed by atoms with Gasteiger partial charge in [-0.15, -0.1) is 0 Å². The highest BCUT2D eigenvalue weighted by Crippen LogP contribution is 2.48. The zero-order valence-electron chi connectivity index (χ0n) is 28.1. The third kappa shape index (κ3) is 4.25. The Balaban J connectivity index is 1.18. The highest BCUT2D eigenvalue weighted by molar-refractivity contribution is 6.25. The summed E-state index contributed by atoms with van der Waals surface area (Å²) in [7, 11) is 0. The lowest BCUT2D eigenvalue weighted by molar-refractivity contribution is 0.669. The molecule has 0 saturated carbocycles. The maximum atomic E-state index is 6.90. The first kappa shape index (κ1) is 28.9. The molecule has 0 spiro atoms. The molecule has 0 unspecified atom stereocenters. The second-order valence-corrected chi connectivity index (χ2v) is 13.5. The Bertz CT molecular complexity index is 3120. The standard InChI is InChI=1S/C50H30O2/c1-2-14-31(15-3-1)46-37-19-4-6-21-39(37)47(40-22-7-5-20-38(40)46)43-29-28-34(48-42-23-9-11-27-45(42)52-50(43)48)32-16-12-17-33(30-32)35-24-13-25-41-36-18-8-10-26-44(36)51-49(35)41/h1-30H. The Morgan fingerprint density at radius 3 is 1.46 bits per heavy atom. The molecule has 2 aromatic heterocycles. The van der Waals surface area contributed by atoms with Crippen molar-refractivity contribution in [3.63, 3.8) is 0 Å². The normalized spacial score (nSPS) is 11.8. The summed E-state index contributed by atoms with van der Waals surface area (Å²) in [5, 5.41) is 9.34. The van der Waals surface area contributed by atoms with Gasteiger partial charge in [0.15, 0.2) is 0 Å². The summed E-state index contributed by atoms with van der Waals surface area (Å²) in [6.07, 6.45) is 0. The van der Waals surface area contributed by atoms with Gasteiger partial charge in [0.2, 0.25) is 0 Å². The maximum absolute atomic E-state index is 6.90. The average molecular weight is 663 g/mol. The summed E-state index contributed by atoms with van der Waals surface area (Å²) >= 11 is 0. The fourth-order valence-corrected chi connectivity index (χ4v) is 8.43. The van der Waals surface area contributed by atoms with Crippen LogP contribution < -0.4 is 0 Å². The van der Waals surface area contributed by atoms with Crippen molar-refractivity contribution in [1.82, 2.24) is 0 Å². The van der Waals surface area contributed by atoms with Crippen molar-refractivity contribution in [2.24, 2.45) is 0 Å². The lowest BCUT2D eigenvalue weighted by Crippen LogP contribution is -1.91. The summed E-state index contributed by atoms with van der Waals surface area (Å²) < 4.78 is 13.4. The summed E-state index contributed by atoms with van der Waals surface area (Å²) in [6.45, 7) is 0. The van der Waals surface area contributed by atoms with Gasteiger partial charge < -0.3 is 8.83 Å². The molecule has 11 aromatic rings. The third-order valence-electron chi connectivity index (χ3n) is 10.7. The molecular weight excluding hydrogens is 633 g/mol. The quantitative estimate of drug-likeness (QED) is 0.175. The second-order valence-electron chi connectivity index (χ2n) is 13.5. The van der Waals surface area contributed by atoms with Crippen LogP contribution in [0.4, 0.5) is 0 Å². The van der Waals surface area contributed by atoms with Crippen LogP contribution in [-0.4, -0.2) is 0 Å². The molecule has 52 heavy (non-hydrogen) atoms. The topological polar surface area (TPSA) is 26.3 Å². The molecule has 2 nitrogen and oxygen atoms in total. The smallest absolute Gasteiger partial charge is 0.143 e. The summed E-state index contributed by atoms with van der Waals surface area (Å²) in [5.41, 5.74) is 12.8. The fourth-order valence-electron chi connectivity index (χ4n) is 8.43. The highest BCUT2D eigenvalue weighted by Gasteiger charge is 2.22. The van der Waals surface area contributed by atoms with E-state index in [9.17, 15) is 0 Å². The van der Waals surface area contributed by atoms with Crippen molar-refractivity contribution >= 4 is 65.4 Å². The van der Waals surface area contributed by atoms with Gasteiger partial charge in [-0.25, -0.2) is 0 Å². The molecule has 242 valence electrons.